The number of carbonyl (C=O) groups excluding carboxylic acids is 2. The molecule has 0 fully saturated rings. The van der Waals surface area contributed by atoms with E-state index in [-0.39, 0.29) is 30.8 Å². The van der Waals surface area contributed by atoms with E-state index in [4.69, 9.17) is 4.74 Å². The molecule has 0 radical (unpaired) electrons. The number of ether oxygens (including phenoxy) is 1. The van der Waals surface area contributed by atoms with Gasteiger partial charge in [0.2, 0.25) is 5.91 Å². The number of halogens is 1. The average molecular weight is 463 g/mol. The molecular formula is C28H31FN2O3. The molecular weight excluding hydrogens is 431 g/mol. The highest BCUT2D eigenvalue weighted by molar-refractivity contribution is 5.88. The molecule has 5 nitrogen and oxygen atoms in total. The van der Waals surface area contributed by atoms with Gasteiger partial charge in [-0.1, -0.05) is 61.5 Å². The molecule has 1 N–H and O–H groups in total. The minimum Gasteiger partial charge on any atom is -0.484 e. The Labute approximate surface area is 200 Å². The van der Waals surface area contributed by atoms with Gasteiger partial charge in [0, 0.05) is 19.5 Å². The van der Waals surface area contributed by atoms with Gasteiger partial charge in [-0.25, -0.2) is 4.39 Å². The van der Waals surface area contributed by atoms with Crippen LogP contribution < -0.4 is 10.1 Å². The minimum atomic E-state index is -0.744. The van der Waals surface area contributed by atoms with Gasteiger partial charge in [-0.15, -0.1) is 0 Å². The number of rotatable bonds is 11. The van der Waals surface area contributed by atoms with Crippen LogP contribution in [0, 0.1) is 5.82 Å². The van der Waals surface area contributed by atoms with Crippen molar-refractivity contribution in [2.24, 2.45) is 0 Å². The number of nitrogens with zero attached hydrogens (tertiary/aromatic N) is 1. The van der Waals surface area contributed by atoms with Gasteiger partial charge < -0.3 is 15.0 Å². The van der Waals surface area contributed by atoms with Gasteiger partial charge >= 0.3 is 0 Å². The molecule has 6 heteroatoms. The molecule has 0 aliphatic rings. The summed E-state index contributed by atoms with van der Waals surface area (Å²) in [5, 5.41) is 2.85. The predicted octanol–water partition coefficient (Wildman–Crippen LogP) is 4.54. The molecule has 3 aromatic carbocycles. The SMILES string of the molecule is CCNC(=O)C(Cc1ccccc1)N(Cc1ccc(F)cc1)C(=O)COc1ccc(CC)cc1. The lowest BCUT2D eigenvalue weighted by Gasteiger charge is -2.31. The van der Waals surface area contributed by atoms with Crippen molar-refractivity contribution in [3.05, 3.63) is 101 Å². The normalized spacial score (nSPS) is 11.5. The lowest BCUT2D eigenvalue weighted by molar-refractivity contribution is -0.142. The van der Waals surface area contributed by atoms with E-state index in [2.05, 4.69) is 12.2 Å². The Kier molecular flexibility index (Phi) is 9.21. The summed E-state index contributed by atoms with van der Waals surface area (Å²) in [7, 11) is 0. The molecule has 0 heterocycles. The zero-order chi connectivity index (χ0) is 24.3. The van der Waals surface area contributed by atoms with Gasteiger partial charge in [0.1, 0.15) is 17.6 Å². The first-order valence-electron chi connectivity index (χ1n) is 11.6. The maximum Gasteiger partial charge on any atom is 0.261 e. The van der Waals surface area contributed by atoms with Crippen molar-refractivity contribution in [3.8, 4) is 5.75 Å². The molecule has 1 atom stereocenters. The minimum absolute atomic E-state index is 0.159. The van der Waals surface area contributed by atoms with Crippen LogP contribution in [0.3, 0.4) is 0 Å². The number of benzene rings is 3. The molecule has 2 amide bonds. The third-order valence-corrected chi connectivity index (χ3v) is 5.58. The predicted molar refractivity (Wildman–Crippen MR) is 131 cm³/mol. The van der Waals surface area contributed by atoms with E-state index in [1.54, 1.807) is 12.1 Å². The Hall–Kier alpha value is -3.67. The van der Waals surface area contributed by atoms with Crippen LogP contribution >= 0.6 is 0 Å². The molecule has 0 aromatic heterocycles. The van der Waals surface area contributed by atoms with Crippen LogP contribution in [0.1, 0.15) is 30.5 Å². The Morgan fingerprint density at radius 1 is 0.882 bits per heavy atom. The van der Waals surface area contributed by atoms with E-state index in [9.17, 15) is 14.0 Å². The van der Waals surface area contributed by atoms with Crippen LogP contribution in [0.25, 0.3) is 0 Å². The van der Waals surface area contributed by atoms with Crippen LogP contribution in [-0.4, -0.2) is 35.9 Å². The summed E-state index contributed by atoms with van der Waals surface area (Å²) in [4.78, 5) is 28.0. The molecule has 0 saturated carbocycles. The lowest BCUT2D eigenvalue weighted by Crippen LogP contribution is -2.51. The van der Waals surface area contributed by atoms with Crippen LogP contribution in [0.15, 0.2) is 78.9 Å². The summed E-state index contributed by atoms with van der Waals surface area (Å²) in [5.41, 5.74) is 2.84. The van der Waals surface area contributed by atoms with Gasteiger partial charge in [0.05, 0.1) is 0 Å². The second-order valence-corrected chi connectivity index (χ2v) is 8.03. The quantitative estimate of drug-likeness (QED) is 0.455. The third kappa shape index (κ3) is 7.17. The van der Waals surface area contributed by atoms with E-state index in [1.807, 2.05) is 61.5 Å². The van der Waals surface area contributed by atoms with Crippen molar-refractivity contribution < 1.29 is 18.7 Å². The van der Waals surface area contributed by atoms with E-state index in [0.717, 1.165) is 17.5 Å². The standard InChI is InChI=1S/C28H31FN2O3/c1-3-21-12-16-25(17-13-21)34-20-27(32)31(19-23-10-14-24(29)15-11-23)26(28(33)30-4-2)18-22-8-6-5-7-9-22/h5-17,26H,3-4,18-20H2,1-2H3,(H,30,33). The fourth-order valence-corrected chi connectivity index (χ4v) is 3.68. The highest BCUT2D eigenvalue weighted by Gasteiger charge is 2.30. The number of hydrogen-bond acceptors (Lipinski definition) is 3. The van der Waals surface area contributed by atoms with Crippen LogP contribution in [0.2, 0.25) is 0 Å². The first-order valence-corrected chi connectivity index (χ1v) is 11.6. The Morgan fingerprint density at radius 2 is 1.53 bits per heavy atom. The molecule has 0 saturated heterocycles. The first kappa shape index (κ1) is 25.0. The molecule has 0 aliphatic carbocycles. The molecule has 3 rings (SSSR count). The third-order valence-electron chi connectivity index (χ3n) is 5.58. The zero-order valence-corrected chi connectivity index (χ0v) is 19.7. The number of amides is 2. The second-order valence-electron chi connectivity index (χ2n) is 8.03. The topological polar surface area (TPSA) is 58.6 Å². The molecule has 1 unspecified atom stereocenters. The largest absolute Gasteiger partial charge is 0.484 e. The summed E-state index contributed by atoms with van der Waals surface area (Å²) in [6.45, 7) is 4.31. The number of hydrogen-bond donors (Lipinski definition) is 1. The van der Waals surface area contributed by atoms with Gasteiger partial charge in [-0.3, -0.25) is 9.59 Å². The van der Waals surface area contributed by atoms with Crippen molar-refractivity contribution in [2.75, 3.05) is 13.2 Å². The van der Waals surface area contributed by atoms with Crippen molar-refractivity contribution in [1.82, 2.24) is 10.2 Å². The Morgan fingerprint density at radius 3 is 2.15 bits per heavy atom. The van der Waals surface area contributed by atoms with Crippen molar-refractivity contribution in [1.29, 1.82) is 0 Å². The van der Waals surface area contributed by atoms with E-state index < -0.39 is 6.04 Å². The molecule has 34 heavy (non-hydrogen) atoms. The summed E-state index contributed by atoms with van der Waals surface area (Å²) in [5.74, 6) is -0.333. The molecule has 178 valence electrons. The van der Waals surface area contributed by atoms with E-state index >= 15 is 0 Å². The van der Waals surface area contributed by atoms with Crippen molar-refractivity contribution >= 4 is 11.8 Å². The number of likely N-dealkylation sites (N-methyl/N-ethyl adjacent to an activating group) is 1. The second kappa shape index (κ2) is 12.5. The zero-order valence-electron chi connectivity index (χ0n) is 19.7. The number of nitrogens with one attached hydrogen (secondary N) is 1. The maximum absolute atomic E-state index is 13.5. The Bertz CT molecular complexity index is 1050. The highest BCUT2D eigenvalue weighted by Crippen LogP contribution is 2.17. The lowest BCUT2D eigenvalue weighted by atomic mass is 10.0. The Balaban J connectivity index is 1.85. The van der Waals surface area contributed by atoms with E-state index in [1.165, 1.54) is 22.6 Å². The summed E-state index contributed by atoms with van der Waals surface area (Å²) >= 11 is 0. The monoisotopic (exact) mass is 462 g/mol. The molecule has 0 aliphatic heterocycles. The first-order chi connectivity index (χ1) is 16.5. The van der Waals surface area contributed by atoms with Crippen molar-refractivity contribution in [2.45, 2.75) is 39.3 Å². The fraction of sp³-hybridized carbons (Fsp3) is 0.286. The van der Waals surface area contributed by atoms with Crippen LogP contribution in [0.5, 0.6) is 5.75 Å². The number of carbonyl (C=O) groups is 2. The highest BCUT2D eigenvalue weighted by atomic mass is 19.1. The maximum atomic E-state index is 13.5. The van der Waals surface area contributed by atoms with Crippen LogP contribution in [0.4, 0.5) is 4.39 Å². The van der Waals surface area contributed by atoms with E-state index in [0.29, 0.717) is 18.7 Å². The average Bonchev–Trinajstić information content (AvgIpc) is 2.87. The molecule has 3 aromatic rings. The van der Waals surface area contributed by atoms with Gasteiger partial charge in [-0.2, -0.15) is 0 Å². The van der Waals surface area contributed by atoms with Crippen molar-refractivity contribution in [3.63, 3.8) is 0 Å². The smallest absolute Gasteiger partial charge is 0.261 e. The van der Waals surface area contributed by atoms with Gasteiger partial charge in [-0.05, 0) is 54.3 Å². The fourth-order valence-electron chi connectivity index (χ4n) is 3.68. The van der Waals surface area contributed by atoms with Gasteiger partial charge in [0.25, 0.3) is 5.91 Å². The van der Waals surface area contributed by atoms with Crippen LogP contribution in [-0.2, 0) is 29.0 Å². The molecule has 0 spiro atoms. The summed E-state index contributed by atoms with van der Waals surface area (Å²) < 4.78 is 19.2. The number of aryl methyl sites for hydroxylation is 1. The van der Waals surface area contributed by atoms with Gasteiger partial charge in [0.15, 0.2) is 6.61 Å². The summed E-state index contributed by atoms with van der Waals surface area (Å²) in [6, 6.07) is 22.4. The summed E-state index contributed by atoms with van der Waals surface area (Å²) in [6.07, 6.45) is 1.27. The molecule has 0 bridgehead atoms.